The smallest absolute Gasteiger partial charge is 0.241 e. The molecule has 8 heteroatoms. The second kappa shape index (κ2) is 7.33. The van der Waals surface area contributed by atoms with E-state index in [9.17, 15) is 13.2 Å². The molecule has 21 heavy (non-hydrogen) atoms. The topological polar surface area (TPSA) is 75.7 Å². The summed E-state index contributed by atoms with van der Waals surface area (Å²) in [6.07, 6.45) is 2.51. The number of anilines is 1. The van der Waals surface area contributed by atoms with Crippen molar-refractivity contribution in [3.63, 3.8) is 0 Å². The molecule has 0 aromatic heterocycles. The first-order valence-electron chi connectivity index (χ1n) is 5.98. The average molecular weight is 333 g/mol. The standard InChI is InChI=1S/C13H17ClN2O4S/c1-4-7-15-13(17)9-16(21(3,18)19)11-8-10(14)5-6-12(11)20-2/h4-6,8H,1,7,9H2,2-3H3,(H,15,17). The fourth-order valence-corrected chi connectivity index (χ4v) is 2.63. The van der Waals surface area contributed by atoms with E-state index in [4.69, 9.17) is 16.3 Å². The van der Waals surface area contributed by atoms with Crippen molar-refractivity contribution < 1.29 is 17.9 Å². The third-order valence-electron chi connectivity index (χ3n) is 2.54. The molecule has 1 N–H and O–H groups in total. The van der Waals surface area contributed by atoms with Gasteiger partial charge in [0.05, 0.1) is 19.1 Å². The van der Waals surface area contributed by atoms with Gasteiger partial charge in [-0.2, -0.15) is 0 Å². The monoisotopic (exact) mass is 332 g/mol. The Kier molecular flexibility index (Phi) is 6.04. The number of methoxy groups -OCH3 is 1. The predicted octanol–water partition coefficient (Wildman–Crippen LogP) is 1.42. The maximum atomic E-state index is 11.9. The minimum absolute atomic E-state index is 0.209. The number of carbonyl (C=O) groups excluding carboxylic acids is 1. The summed E-state index contributed by atoms with van der Waals surface area (Å²) in [4.78, 5) is 11.8. The number of nitrogens with one attached hydrogen (secondary N) is 1. The van der Waals surface area contributed by atoms with Gasteiger partial charge in [-0.1, -0.05) is 17.7 Å². The fourth-order valence-electron chi connectivity index (χ4n) is 1.61. The Labute approximate surface area is 129 Å². The van der Waals surface area contributed by atoms with Gasteiger partial charge in [-0.25, -0.2) is 8.42 Å². The molecule has 116 valence electrons. The Morgan fingerprint density at radius 1 is 1.52 bits per heavy atom. The molecule has 0 unspecified atom stereocenters. The van der Waals surface area contributed by atoms with Crippen molar-refractivity contribution in [2.75, 3.05) is 30.8 Å². The number of carbonyl (C=O) groups is 1. The maximum absolute atomic E-state index is 11.9. The van der Waals surface area contributed by atoms with Crippen LogP contribution in [0.4, 0.5) is 5.69 Å². The zero-order chi connectivity index (χ0) is 16.0. The number of ether oxygens (including phenoxy) is 1. The number of hydrogen-bond donors (Lipinski definition) is 1. The van der Waals surface area contributed by atoms with E-state index in [0.717, 1.165) is 10.6 Å². The van der Waals surface area contributed by atoms with Gasteiger partial charge in [-0.3, -0.25) is 9.10 Å². The molecule has 0 bridgehead atoms. The van der Waals surface area contributed by atoms with Crippen LogP contribution in [0.5, 0.6) is 5.75 Å². The summed E-state index contributed by atoms with van der Waals surface area (Å²) < 4.78 is 30.0. The zero-order valence-corrected chi connectivity index (χ0v) is 13.4. The fraction of sp³-hybridized carbons (Fsp3) is 0.308. The molecule has 0 aliphatic heterocycles. The highest BCUT2D eigenvalue weighted by molar-refractivity contribution is 7.92. The lowest BCUT2D eigenvalue weighted by molar-refractivity contribution is -0.119. The molecular formula is C13H17ClN2O4S. The number of sulfonamides is 1. The van der Waals surface area contributed by atoms with E-state index in [1.807, 2.05) is 0 Å². The molecule has 6 nitrogen and oxygen atoms in total. The summed E-state index contributed by atoms with van der Waals surface area (Å²) in [6.45, 7) is 3.36. The second-order valence-corrected chi connectivity index (χ2v) is 6.52. The lowest BCUT2D eigenvalue weighted by Crippen LogP contribution is -2.40. The van der Waals surface area contributed by atoms with Crippen LogP contribution in [-0.2, 0) is 14.8 Å². The van der Waals surface area contributed by atoms with Crippen molar-refractivity contribution >= 4 is 33.2 Å². The van der Waals surface area contributed by atoms with Crippen LogP contribution in [0.25, 0.3) is 0 Å². The van der Waals surface area contributed by atoms with Crippen LogP contribution in [-0.4, -0.2) is 40.8 Å². The predicted molar refractivity (Wildman–Crippen MR) is 83.4 cm³/mol. The molecule has 0 atom stereocenters. The van der Waals surface area contributed by atoms with Gasteiger partial charge in [0.15, 0.2) is 0 Å². The first kappa shape index (κ1) is 17.3. The first-order valence-corrected chi connectivity index (χ1v) is 8.21. The van der Waals surface area contributed by atoms with E-state index in [1.54, 1.807) is 6.07 Å². The van der Waals surface area contributed by atoms with E-state index >= 15 is 0 Å². The molecule has 0 saturated carbocycles. The van der Waals surface area contributed by atoms with Crippen LogP contribution in [0.15, 0.2) is 30.9 Å². The van der Waals surface area contributed by atoms with Crippen LogP contribution in [0.1, 0.15) is 0 Å². The number of amides is 1. The summed E-state index contributed by atoms with van der Waals surface area (Å²) >= 11 is 5.90. The van der Waals surface area contributed by atoms with E-state index in [2.05, 4.69) is 11.9 Å². The Balaban J connectivity index is 3.18. The highest BCUT2D eigenvalue weighted by atomic mass is 35.5. The van der Waals surface area contributed by atoms with Gasteiger partial charge in [-0.15, -0.1) is 6.58 Å². The summed E-state index contributed by atoms with van der Waals surface area (Å²) in [7, 11) is -2.27. The summed E-state index contributed by atoms with van der Waals surface area (Å²) in [5, 5.41) is 2.86. The van der Waals surface area contributed by atoms with Crippen LogP contribution < -0.4 is 14.4 Å². The molecule has 0 heterocycles. The van der Waals surface area contributed by atoms with Crippen LogP contribution >= 0.6 is 11.6 Å². The van der Waals surface area contributed by atoms with Gasteiger partial charge in [0, 0.05) is 11.6 Å². The van der Waals surface area contributed by atoms with Gasteiger partial charge in [0.2, 0.25) is 15.9 Å². The maximum Gasteiger partial charge on any atom is 0.241 e. The lowest BCUT2D eigenvalue weighted by Gasteiger charge is -2.23. The Bertz CT molecular complexity index is 631. The van der Waals surface area contributed by atoms with Crippen molar-refractivity contribution in [2.24, 2.45) is 0 Å². The van der Waals surface area contributed by atoms with E-state index in [1.165, 1.54) is 25.3 Å². The Hall–Kier alpha value is -1.73. The number of benzene rings is 1. The molecule has 1 amide bonds. The highest BCUT2D eigenvalue weighted by Crippen LogP contribution is 2.32. The number of rotatable bonds is 7. The van der Waals surface area contributed by atoms with E-state index in [0.29, 0.717) is 10.8 Å². The first-order chi connectivity index (χ1) is 9.79. The van der Waals surface area contributed by atoms with E-state index in [-0.39, 0.29) is 18.8 Å². The lowest BCUT2D eigenvalue weighted by atomic mass is 10.3. The highest BCUT2D eigenvalue weighted by Gasteiger charge is 2.24. The minimum Gasteiger partial charge on any atom is -0.495 e. The SMILES string of the molecule is C=CCNC(=O)CN(c1cc(Cl)ccc1OC)S(C)(=O)=O. The zero-order valence-electron chi connectivity index (χ0n) is 11.8. The number of hydrogen-bond acceptors (Lipinski definition) is 4. The van der Waals surface area contributed by atoms with Crippen molar-refractivity contribution in [1.82, 2.24) is 5.32 Å². The largest absolute Gasteiger partial charge is 0.495 e. The Morgan fingerprint density at radius 3 is 2.71 bits per heavy atom. The van der Waals surface area contributed by atoms with Gasteiger partial charge in [0.1, 0.15) is 12.3 Å². The molecule has 1 aromatic carbocycles. The molecule has 1 aromatic rings. The molecule has 0 aliphatic rings. The van der Waals surface area contributed by atoms with Crippen molar-refractivity contribution in [3.05, 3.63) is 35.9 Å². The molecule has 1 rings (SSSR count). The van der Waals surface area contributed by atoms with Gasteiger partial charge >= 0.3 is 0 Å². The third kappa shape index (κ3) is 4.95. The summed E-state index contributed by atoms with van der Waals surface area (Å²) in [6, 6.07) is 4.54. The molecule has 0 fully saturated rings. The second-order valence-electron chi connectivity index (χ2n) is 4.18. The quantitative estimate of drug-likeness (QED) is 0.766. The Morgan fingerprint density at radius 2 is 2.19 bits per heavy atom. The average Bonchev–Trinajstić information content (AvgIpc) is 2.41. The van der Waals surface area contributed by atoms with Crippen molar-refractivity contribution in [2.45, 2.75) is 0 Å². The van der Waals surface area contributed by atoms with Crippen LogP contribution in [0.2, 0.25) is 5.02 Å². The molecular weight excluding hydrogens is 316 g/mol. The van der Waals surface area contributed by atoms with Gasteiger partial charge in [0.25, 0.3) is 0 Å². The normalized spacial score (nSPS) is 10.8. The van der Waals surface area contributed by atoms with Crippen molar-refractivity contribution in [3.8, 4) is 5.75 Å². The molecule has 0 aliphatic carbocycles. The summed E-state index contributed by atoms with van der Waals surface area (Å²) in [5.41, 5.74) is 0.209. The molecule has 0 saturated heterocycles. The molecule has 0 spiro atoms. The van der Waals surface area contributed by atoms with Gasteiger partial charge < -0.3 is 10.1 Å². The van der Waals surface area contributed by atoms with Gasteiger partial charge in [-0.05, 0) is 18.2 Å². The minimum atomic E-state index is -3.68. The van der Waals surface area contributed by atoms with Crippen LogP contribution in [0.3, 0.4) is 0 Å². The van der Waals surface area contributed by atoms with E-state index < -0.39 is 15.9 Å². The molecule has 0 radical (unpaired) electrons. The number of halogens is 1. The third-order valence-corrected chi connectivity index (χ3v) is 3.90. The number of nitrogens with zero attached hydrogens (tertiary/aromatic N) is 1. The summed E-state index contributed by atoms with van der Waals surface area (Å²) in [5.74, 6) is -0.149. The van der Waals surface area contributed by atoms with Crippen molar-refractivity contribution in [1.29, 1.82) is 0 Å². The van der Waals surface area contributed by atoms with Crippen LogP contribution in [0, 0.1) is 0 Å².